The average molecular weight is 341 g/mol. The van der Waals surface area contributed by atoms with Crippen LogP contribution in [0.1, 0.15) is 27.6 Å². The van der Waals surface area contributed by atoms with Crippen molar-refractivity contribution < 1.29 is 19.4 Å². The number of nitrogens with one attached hydrogen (secondary N) is 1. The lowest BCUT2D eigenvalue weighted by molar-refractivity contribution is -0.255. The van der Waals surface area contributed by atoms with E-state index in [2.05, 4.69) is 10.3 Å². The molecule has 0 fully saturated rings. The second-order valence-electron chi connectivity index (χ2n) is 4.87. The molecular formula is C17H13N2O4S-. The molecule has 0 unspecified atom stereocenters. The number of fused-ring (bicyclic) bond motifs is 1. The minimum absolute atomic E-state index is 0.0340. The molecule has 0 atom stereocenters. The molecule has 7 heteroatoms. The van der Waals surface area contributed by atoms with E-state index >= 15 is 0 Å². The molecule has 1 amide bonds. The van der Waals surface area contributed by atoms with Crippen molar-refractivity contribution in [3.05, 3.63) is 53.6 Å². The minimum Gasteiger partial charge on any atom is -0.545 e. The molecule has 2 aromatic carbocycles. The molecule has 0 bridgehead atoms. The molecule has 0 saturated carbocycles. The summed E-state index contributed by atoms with van der Waals surface area (Å²) in [6.07, 6.45) is 0. The first-order valence-electron chi connectivity index (χ1n) is 7.23. The fraction of sp³-hybridized carbons (Fsp3) is 0.118. The zero-order chi connectivity index (χ0) is 17.1. The van der Waals surface area contributed by atoms with Crippen molar-refractivity contribution in [2.24, 2.45) is 0 Å². The summed E-state index contributed by atoms with van der Waals surface area (Å²) >= 11 is 1.29. The third-order valence-corrected chi connectivity index (χ3v) is 4.22. The molecule has 0 radical (unpaired) electrons. The highest BCUT2D eigenvalue weighted by atomic mass is 32.1. The van der Waals surface area contributed by atoms with Gasteiger partial charge < -0.3 is 14.6 Å². The maximum Gasteiger partial charge on any atom is 0.258 e. The third kappa shape index (κ3) is 3.21. The highest BCUT2D eigenvalue weighted by molar-refractivity contribution is 7.22. The van der Waals surface area contributed by atoms with Crippen molar-refractivity contribution in [3.8, 4) is 5.75 Å². The summed E-state index contributed by atoms with van der Waals surface area (Å²) in [6, 6.07) is 11.4. The second-order valence-corrected chi connectivity index (χ2v) is 5.90. The van der Waals surface area contributed by atoms with Crippen LogP contribution in [0.3, 0.4) is 0 Å². The zero-order valence-corrected chi connectivity index (χ0v) is 13.6. The number of carboxylic acid groups (broad SMARTS) is 1. The lowest BCUT2D eigenvalue weighted by Crippen LogP contribution is -2.26. The SMILES string of the molecule is CCOc1ccc2nc(NC(=O)c3ccccc3C(=O)[O-])sc2c1. The first-order chi connectivity index (χ1) is 11.6. The van der Waals surface area contributed by atoms with Crippen LogP contribution in [-0.2, 0) is 0 Å². The topological polar surface area (TPSA) is 91.3 Å². The van der Waals surface area contributed by atoms with Crippen LogP contribution in [-0.4, -0.2) is 23.5 Å². The molecule has 0 aliphatic heterocycles. The minimum atomic E-state index is -1.40. The van der Waals surface area contributed by atoms with Crippen molar-refractivity contribution in [3.63, 3.8) is 0 Å². The van der Waals surface area contributed by atoms with Crippen LogP contribution in [0.2, 0.25) is 0 Å². The molecule has 1 aromatic heterocycles. The molecule has 6 nitrogen and oxygen atoms in total. The molecule has 1 heterocycles. The number of anilines is 1. The van der Waals surface area contributed by atoms with E-state index in [0.717, 1.165) is 16.0 Å². The Kier molecular flexibility index (Phi) is 4.43. The Morgan fingerprint density at radius 2 is 1.96 bits per heavy atom. The quantitative estimate of drug-likeness (QED) is 0.769. The molecule has 0 aliphatic rings. The van der Waals surface area contributed by atoms with Gasteiger partial charge >= 0.3 is 0 Å². The molecule has 3 aromatic rings. The molecular weight excluding hydrogens is 328 g/mol. The van der Waals surface area contributed by atoms with Gasteiger partial charge in [-0.25, -0.2) is 4.98 Å². The number of amides is 1. The van der Waals surface area contributed by atoms with Crippen molar-refractivity contribution in [1.29, 1.82) is 0 Å². The molecule has 1 N–H and O–H groups in total. The van der Waals surface area contributed by atoms with E-state index in [1.165, 1.54) is 29.5 Å². The van der Waals surface area contributed by atoms with Gasteiger partial charge in [0.1, 0.15) is 5.75 Å². The van der Waals surface area contributed by atoms with Gasteiger partial charge in [-0.1, -0.05) is 29.5 Å². The van der Waals surface area contributed by atoms with Gasteiger partial charge in [-0.05, 0) is 31.2 Å². The fourth-order valence-corrected chi connectivity index (χ4v) is 3.13. The van der Waals surface area contributed by atoms with E-state index in [1.807, 2.05) is 25.1 Å². The Balaban J connectivity index is 1.87. The number of carbonyl (C=O) groups excluding carboxylic acids is 2. The summed E-state index contributed by atoms with van der Waals surface area (Å²) in [6.45, 7) is 2.46. The van der Waals surface area contributed by atoms with E-state index in [4.69, 9.17) is 4.74 Å². The number of nitrogens with zero attached hydrogens (tertiary/aromatic N) is 1. The third-order valence-electron chi connectivity index (χ3n) is 3.28. The summed E-state index contributed by atoms with van der Waals surface area (Å²) in [5, 5.41) is 14.1. The predicted molar refractivity (Wildman–Crippen MR) is 89.5 cm³/mol. The van der Waals surface area contributed by atoms with Gasteiger partial charge in [0.2, 0.25) is 0 Å². The lowest BCUT2D eigenvalue weighted by Gasteiger charge is -2.08. The first-order valence-corrected chi connectivity index (χ1v) is 8.05. The number of aromatic carboxylic acids is 1. The Morgan fingerprint density at radius 3 is 2.67 bits per heavy atom. The van der Waals surface area contributed by atoms with Crippen LogP contribution in [0.5, 0.6) is 5.75 Å². The zero-order valence-electron chi connectivity index (χ0n) is 12.7. The maximum atomic E-state index is 12.3. The van der Waals surface area contributed by atoms with Gasteiger partial charge in [-0.2, -0.15) is 0 Å². The highest BCUT2D eigenvalue weighted by Gasteiger charge is 2.14. The first kappa shape index (κ1) is 15.9. The number of benzene rings is 2. The lowest BCUT2D eigenvalue weighted by atomic mass is 10.1. The summed E-state index contributed by atoms with van der Waals surface area (Å²) in [5.74, 6) is -1.21. The fourth-order valence-electron chi connectivity index (χ4n) is 2.24. The number of rotatable bonds is 5. The monoisotopic (exact) mass is 341 g/mol. The smallest absolute Gasteiger partial charge is 0.258 e. The number of ether oxygens (including phenoxy) is 1. The normalized spacial score (nSPS) is 10.5. The summed E-state index contributed by atoms with van der Waals surface area (Å²) in [4.78, 5) is 27.7. The van der Waals surface area contributed by atoms with Gasteiger partial charge in [0.25, 0.3) is 5.91 Å². The van der Waals surface area contributed by atoms with Gasteiger partial charge in [-0.3, -0.25) is 10.1 Å². The van der Waals surface area contributed by atoms with Gasteiger partial charge in [-0.15, -0.1) is 0 Å². The molecule has 122 valence electrons. The van der Waals surface area contributed by atoms with E-state index in [9.17, 15) is 14.7 Å². The summed E-state index contributed by atoms with van der Waals surface area (Å²) in [5.41, 5.74) is 0.605. The van der Waals surface area contributed by atoms with Crippen molar-refractivity contribution in [2.45, 2.75) is 6.92 Å². The van der Waals surface area contributed by atoms with Crippen LogP contribution >= 0.6 is 11.3 Å². The Morgan fingerprint density at radius 1 is 1.21 bits per heavy atom. The average Bonchev–Trinajstić information content (AvgIpc) is 2.96. The van der Waals surface area contributed by atoms with Crippen molar-refractivity contribution in [2.75, 3.05) is 11.9 Å². The summed E-state index contributed by atoms with van der Waals surface area (Å²) < 4.78 is 6.30. The van der Waals surface area contributed by atoms with Crippen LogP contribution in [0, 0.1) is 0 Å². The molecule has 0 spiro atoms. The van der Waals surface area contributed by atoms with E-state index < -0.39 is 11.9 Å². The number of aromatic nitrogens is 1. The molecule has 0 aliphatic carbocycles. The maximum absolute atomic E-state index is 12.3. The second kappa shape index (κ2) is 6.67. The van der Waals surface area contributed by atoms with E-state index in [0.29, 0.717) is 11.7 Å². The van der Waals surface area contributed by atoms with Crippen LogP contribution < -0.4 is 15.2 Å². The highest BCUT2D eigenvalue weighted by Crippen LogP contribution is 2.29. The van der Waals surface area contributed by atoms with Gasteiger partial charge in [0, 0.05) is 11.1 Å². The number of carboxylic acids is 1. The molecule has 24 heavy (non-hydrogen) atoms. The standard InChI is InChI=1S/C17H14N2O4S/c1-2-23-10-7-8-13-14(9-10)24-17(18-13)19-15(20)11-5-3-4-6-12(11)16(21)22/h3-9H,2H2,1H3,(H,21,22)(H,18,19,20)/p-1. The summed E-state index contributed by atoms with van der Waals surface area (Å²) in [7, 11) is 0. The van der Waals surface area contributed by atoms with Crippen LogP contribution in [0.25, 0.3) is 10.2 Å². The Bertz CT molecular complexity index is 920. The van der Waals surface area contributed by atoms with Gasteiger partial charge in [0.15, 0.2) is 5.13 Å². The van der Waals surface area contributed by atoms with Gasteiger partial charge in [0.05, 0.1) is 22.8 Å². The Hall–Kier alpha value is -2.93. The van der Waals surface area contributed by atoms with E-state index in [-0.39, 0.29) is 11.1 Å². The van der Waals surface area contributed by atoms with E-state index in [1.54, 1.807) is 6.07 Å². The largest absolute Gasteiger partial charge is 0.545 e. The molecule has 3 rings (SSSR count). The number of hydrogen-bond donors (Lipinski definition) is 1. The van der Waals surface area contributed by atoms with Crippen LogP contribution in [0.4, 0.5) is 5.13 Å². The Labute approximate surface area is 141 Å². The van der Waals surface area contributed by atoms with Crippen molar-refractivity contribution >= 4 is 38.6 Å². The molecule has 0 saturated heterocycles. The number of carbonyl (C=O) groups is 2. The predicted octanol–water partition coefficient (Wildman–Crippen LogP) is 2.31. The number of hydrogen-bond acceptors (Lipinski definition) is 6. The van der Waals surface area contributed by atoms with Crippen molar-refractivity contribution in [1.82, 2.24) is 4.98 Å². The van der Waals surface area contributed by atoms with Crippen LogP contribution in [0.15, 0.2) is 42.5 Å². The number of thiazole rings is 1.